The predicted molar refractivity (Wildman–Crippen MR) is 66.9 cm³/mol. The van der Waals surface area contributed by atoms with Crippen LogP contribution in [-0.4, -0.2) is 17.5 Å². The average Bonchev–Trinajstić information content (AvgIpc) is 2.75. The molecular weight excluding hydrogens is 237 g/mol. The topological polar surface area (TPSA) is 81.2 Å². The first-order valence-corrected chi connectivity index (χ1v) is 6.01. The number of hydrogen-bond donors (Lipinski definition) is 2. The summed E-state index contributed by atoms with van der Waals surface area (Å²) in [4.78, 5) is 10.1. The minimum atomic E-state index is -0.603. The van der Waals surface area contributed by atoms with E-state index in [1.165, 1.54) is 12.1 Å². The quantitative estimate of drug-likeness (QED) is 0.637. The molecule has 3 N–H and O–H groups in total. The molecule has 0 bridgehead atoms. The first kappa shape index (κ1) is 12.8. The Bertz CT molecular complexity index is 453. The van der Waals surface area contributed by atoms with E-state index in [0.29, 0.717) is 18.2 Å². The highest BCUT2D eigenvalue weighted by Crippen LogP contribution is 2.29. The van der Waals surface area contributed by atoms with Crippen LogP contribution in [0.4, 0.5) is 15.8 Å². The zero-order valence-corrected chi connectivity index (χ0v) is 9.93. The monoisotopic (exact) mass is 253 g/mol. The third-order valence-corrected chi connectivity index (χ3v) is 3.41. The van der Waals surface area contributed by atoms with Gasteiger partial charge in [-0.1, -0.05) is 6.42 Å². The number of nitrogens with one attached hydrogen (secondary N) is 1. The largest absolute Gasteiger partial charge is 0.382 e. The molecule has 5 nitrogen and oxygen atoms in total. The van der Waals surface area contributed by atoms with E-state index in [2.05, 4.69) is 5.32 Å². The van der Waals surface area contributed by atoms with E-state index in [1.54, 1.807) is 0 Å². The number of non-ortho nitro benzene ring substituents is 1. The Hall–Kier alpha value is -1.69. The molecule has 0 radical (unpaired) electrons. The molecule has 2 rings (SSSR count). The van der Waals surface area contributed by atoms with Crippen LogP contribution in [0.2, 0.25) is 0 Å². The van der Waals surface area contributed by atoms with E-state index >= 15 is 0 Å². The molecule has 2 atom stereocenters. The van der Waals surface area contributed by atoms with E-state index in [-0.39, 0.29) is 11.7 Å². The number of rotatable bonds is 4. The van der Waals surface area contributed by atoms with Crippen molar-refractivity contribution >= 4 is 11.4 Å². The average molecular weight is 253 g/mol. The van der Waals surface area contributed by atoms with Crippen LogP contribution in [0.1, 0.15) is 19.3 Å². The molecule has 0 spiro atoms. The molecule has 18 heavy (non-hydrogen) atoms. The van der Waals surface area contributed by atoms with E-state index in [9.17, 15) is 14.5 Å². The van der Waals surface area contributed by atoms with E-state index in [4.69, 9.17) is 5.73 Å². The van der Waals surface area contributed by atoms with Crippen LogP contribution in [0.5, 0.6) is 0 Å². The molecule has 1 saturated carbocycles. The van der Waals surface area contributed by atoms with Crippen LogP contribution >= 0.6 is 0 Å². The maximum atomic E-state index is 13.3. The molecule has 0 aliphatic heterocycles. The van der Waals surface area contributed by atoms with Gasteiger partial charge in [-0.05, 0) is 31.4 Å². The van der Waals surface area contributed by atoms with Crippen molar-refractivity contribution in [3.05, 3.63) is 34.1 Å². The summed E-state index contributed by atoms with van der Waals surface area (Å²) in [6, 6.07) is 3.73. The summed E-state index contributed by atoms with van der Waals surface area (Å²) in [6.45, 7) is 0.578. The summed E-state index contributed by atoms with van der Waals surface area (Å²) in [6.07, 6.45) is 3.09. The molecule has 2 unspecified atom stereocenters. The number of halogens is 1. The SMILES string of the molecule is NCC1CCCC1Nc1cc(F)cc([N+](=O)[O-])c1. The second kappa shape index (κ2) is 5.30. The first-order valence-electron chi connectivity index (χ1n) is 6.01. The third kappa shape index (κ3) is 2.76. The minimum absolute atomic E-state index is 0.177. The zero-order chi connectivity index (χ0) is 13.1. The van der Waals surface area contributed by atoms with Gasteiger partial charge in [0, 0.05) is 17.8 Å². The number of nitrogens with zero attached hydrogens (tertiary/aromatic N) is 1. The summed E-state index contributed by atoms with van der Waals surface area (Å²) < 4.78 is 13.3. The van der Waals surface area contributed by atoms with Crippen LogP contribution in [0.3, 0.4) is 0 Å². The molecule has 0 saturated heterocycles. The van der Waals surface area contributed by atoms with Crippen molar-refractivity contribution < 1.29 is 9.31 Å². The highest BCUT2D eigenvalue weighted by atomic mass is 19.1. The van der Waals surface area contributed by atoms with E-state index in [1.807, 2.05) is 0 Å². The number of benzene rings is 1. The fourth-order valence-corrected chi connectivity index (χ4v) is 2.49. The van der Waals surface area contributed by atoms with Gasteiger partial charge in [0.05, 0.1) is 11.0 Å². The predicted octanol–water partition coefficient (Wildman–Crippen LogP) is 2.27. The van der Waals surface area contributed by atoms with Crippen LogP contribution < -0.4 is 11.1 Å². The lowest BCUT2D eigenvalue weighted by atomic mass is 10.0. The Morgan fingerprint density at radius 3 is 2.89 bits per heavy atom. The van der Waals surface area contributed by atoms with Gasteiger partial charge in [0.25, 0.3) is 5.69 Å². The van der Waals surface area contributed by atoms with Crippen molar-refractivity contribution in [3.63, 3.8) is 0 Å². The number of nitro benzene ring substituents is 1. The van der Waals surface area contributed by atoms with Crippen LogP contribution in [0.15, 0.2) is 18.2 Å². The molecule has 98 valence electrons. The first-order chi connectivity index (χ1) is 8.60. The van der Waals surface area contributed by atoms with Crippen molar-refractivity contribution in [3.8, 4) is 0 Å². The van der Waals surface area contributed by atoms with Gasteiger partial charge in [0.1, 0.15) is 5.82 Å². The highest BCUT2D eigenvalue weighted by molar-refractivity contribution is 5.52. The summed E-state index contributed by atoms with van der Waals surface area (Å²) in [7, 11) is 0. The number of hydrogen-bond acceptors (Lipinski definition) is 4. The van der Waals surface area contributed by atoms with Gasteiger partial charge in [-0.3, -0.25) is 10.1 Å². The summed E-state index contributed by atoms with van der Waals surface area (Å²) in [5, 5.41) is 13.8. The second-order valence-corrected chi connectivity index (χ2v) is 4.63. The molecule has 0 aromatic heterocycles. The van der Waals surface area contributed by atoms with Crippen molar-refractivity contribution in [2.45, 2.75) is 25.3 Å². The maximum absolute atomic E-state index is 13.3. The molecule has 6 heteroatoms. The fourth-order valence-electron chi connectivity index (χ4n) is 2.49. The summed E-state index contributed by atoms with van der Waals surface area (Å²) in [5.74, 6) is -0.249. The highest BCUT2D eigenvalue weighted by Gasteiger charge is 2.26. The Balaban J connectivity index is 2.16. The van der Waals surface area contributed by atoms with Gasteiger partial charge < -0.3 is 11.1 Å². The van der Waals surface area contributed by atoms with Crippen molar-refractivity contribution in [1.29, 1.82) is 0 Å². The molecule has 0 amide bonds. The fraction of sp³-hybridized carbons (Fsp3) is 0.500. The number of anilines is 1. The van der Waals surface area contributed by atoms with Crippen LogP contribution in [0.25, 0.3) is 0 Å². The second-order valence-electron chi connectivity index (χ2n) is 4.63. The van der Waals surface area contributed by atoms with E-state index < -0.39 is 10.7 Å². The maximum Gasteiger partial charge on any atom is 0.274 e. The summed E-state index contributed by atoms with van der Waals surface area (Å²) >= 11 is 0. The molecular formula is C12H16FN3O2. The van der Waals surface area contributed by atoms with E-state index in [0.717, 1.165) is 25.3 Å². The molecule has 1 aromatic carbocycles. The molecule has 1 fully saturated rings. The van der Waals surface area contributed by atoms with Crippen molar-refractivity contribution in [2.75, 3.05) is 11.9 Å². The third-order valence-electron chi connectivity index (χ3n) is 3.41. The lowest BCUT2D eigenvalue weighted by Crippen LogP contribution is -2.29. The van der Waals surface area contributed by atoms with Crippen molar-refractivity contribution in [2.24, 2.45) is 11.7 Å². The minimum Gasteiger partial charge on any atom is -0.382 e. The van der Waals surface area contributed by atoms with Gasteiger partial charge >= 0.3 is 0 Å². The lowest BCUT2D eigenvalue weighted by molar-refractivity contribution is -0.385. The molecule has 0 heterocycles. The van der Waals surface area contributed by atoms with Gasteiger partial charge in [-0.2, -0.15) is 0 Å². The zero-order valence-electron chi connectivity index (χ0n) is 9.93. The molecule has 1 aliphatic rings. The number of nitro groups is 1. The number of nitrogens with two attached hydrogens (primary N) is 1. The smallest absolute Gasteiger partial charge is 0.274 e. The Labute approximate surface area is 104 Å². The Morgan fingerprint density at radius 2 is 2.22 bits per heavy atom. The summed E-state index contributed by atoms with van der Waals surface area (Å²) in [5.41, 5.74) is 5.88. The molecule has 1 aliphatic carbocycles. The lowest BCUT2D eigenvalue weighted by Gasteiger charge is -2.20. The molecule has 1 aromatic rings. The van der Waals surface area contributed by atoms with Crippen LogP contribution in [-0.2, 0) is 0 Å². The van der Waals surface area contributed by atoms with Gasteiger partial charge in [0.15, 0.2) is 0 Å². The normalized spacial score (nSPS) is 23.0. The Morgan fingerprint density at radius 1 is 1.44 bits per heavy atom. The van der Waals surface area contributed by atoms with Gasteiger partial charge in [0.2, 0.25) is 0 Å². The standard InChI is InChI=1S/C12H16FN3O2/c13-9-4-10(6-11(5-9)16(17)18)15-12-3-1-2-8(12)7-14/h4-6,8,12,15H,1-3,7,14H2. The van der Waals surface area contributed by atoms with Crippen molar-refractivity contribution in [1.82, 2.24) is 0 Å². The van der Waals surface area contributed by atoms with Gasteiger partial charge in [-0.15, -0.1) is 0 Å². The van der Waals surface area contributed by atoms with Crippen LogP contribution in [0, 0.1) is 21.8 Å². The van der Waals surface area contributed by atoms with Gasteiger partial charge in [-0.25, -0.2) is 4.39 Å². The Kier molecular flexibility index (Phi) is 3.76.